The van der Waals surface area contributed by atoms with Gasteiger partial charge in [-0.3, -0.25) is 4.79 Å². The molecule has 0 spiro atoms. The van der Waals surface area contributed by atoms with E-state index in [0.29, 0.717) is 19.3 Å². The molecule has 0 saturated carbocycles. The molecule has 0 fully saturated rings. The quantitative estimate of drug-likeness (QED) is 0.0309. The number of unbranched alkanes of at least 4 members (excludes halogenated alkanes) is 33. The lowest BCUT2D eigenvalue weighted by Gasteiger charge is -2.27. The van der Waals surface area contributed by atoms with Gasteiger partial charge in [-0.1, -0.05) is 242 Å². The Morgan fingerprint density at radius 2 is 0.714 bits per heavy atom. The van der Waals surface area contributed by atoms with E-state index in [1.807, 2.05) is 0 Å². The third-order valence-corrected chi connectivity index (χ3v) is 12.7. The standard InChI is InChI=1S/C57H107NO5/c1-3-5-7-9-11-13-15-17-18-19-20-21-22-23-24-25-26-27-28-29-30-31-32-33-34-35-36-37-39-41-43-45-47-49-51-55(61)57(63)58-53(52-59)56(62)54(60)50-48-46-44-42-40-38-16-14-12-10-8-6-4-2/h14,16,22-23,25-26,42,44,53-56,59-62H,3-13,15,17-21,24,27-41,43,45-52H2,1-2H3,(H,58,63)/b16-14+,23-22-,26-25-,44-42+. The van der Waals surface area contributed by atoms with Crippen LogP contribution in [0, 0.1) is 0 Å². The summed E-state index contributed by atoms with van der Waals surface area (Å²) < 4.78 is 0. The zero-order chi connectivity index (χ0) is 45.9. The summed E-state index contributed by atoms with van der Waals surface area (Å²) in [5, 5.41) is 43.7. The fraction of sp³-hybridized carbons (Fsp3) is 0.842. The van der Waals surface area contributed by atoms with Crippen molar-refractivity contribution >= 4 is 5.91 Å². The summed E-state index contributed by atoms with van der Waals surface area (Å²) in [6.07, 6.45) is 64.8. The van der Waals surface area contributed by atoms with Crippen LogP contribution in [-0.2, 0) is 4.79 Å². The highest BCUT2D eigenvalue weighted by Crippen LogP contribution is 2.17. The van der Waals surface area contributed by atoms with Gasteiger partial charge in [0.15, 0.2) is 0 Å². The smallest absolute Gasteiger partial charge is 0.249 e. The SMILES string of the molecule is CCCCCC/C=C/CC/C=C/CCCC(O)C(O)C(CO)NC(=O)C(O)CCCCCCCCCCCCCCCCCC/C=C\C/C=C\CCCCCCCCCCCCC. The number of hydrogen-bond donors (Lipinski definition) is 5. The summed E-state index contributed by atoms with van der Waals surface area (Å²) in [4.78, 5) is 12.6. The van der Waals surface area contributed by atoms with E-state index in [4.69, 9.17) is 0 Å². The number of allylic oxidation sites excluding steroid dienone is 8. The highest BCUT2D eigenvalue weighted by Gasteiger charge is 2.28. The average Bonchev–Trinajstić information content (AvgIpc) is 3.29. The zero-order valence-electron chi connectivity index (χ0n) is 41.8. The molecule has 0 aromatic rings. The van der Waals surface area contributed by atoms with Gasteiger partial charge in [0.1, 0.15) is 12.2 Å². The summed E-state index contributed by atoms with van der Waals surface area (Å²) in [7, 11) is 0. The molecule has 4 unspecified atom stereocenters. The molecule has 0 aromatic heterocycles. The number of carbonyl (C=O) groups excluding carboxylic acids is 1. The van der Waals surface area contributed by atoms with Crippen molar-refractivity contribution in [3.8, 4) is 0 Å². The first kappa shape index (κ1) is 61.3. The van der Waals surface area contributed by atoms with Gasteiger partial charge in [-0.05, 0) is 83.5 Å². The molecule has 6 nitrogen and oxygen atoms in total. The fourth-order valence-corrected chi connectivity index (χ4v) is 8.39. The minimum Gasteiger partial charge on any atom is -0.394 e. The first-order valence-electron chi connectivity index (χ1n) is 27.5. The molecule has 0 radical (unpaired) electrons. The molecule has 1 amide bonds. The third-order valence-electron chi connectivity index (χ3n) is 12.7. The summed E-state index contributed by atoms with van der Waals surface area (Å²) in [5.41, 5.74) is 0. The van der Waals surface area contributed by atoms with Gasteiger partial charge < -0.3 is 25.7 Å². The minimum absolute atomic E-state index is 0.360. The van der Waals surface area contributed by atoms with E-state index in [-0.39, 0.29) is 0 Å². The fourth-order valence-electron chi connectivity index (χ4n) is 8.39. The van der Waals surface area contributed by atoms with Crippen LogP contribution in [0.15, 0.2) is 48.6 Å². The van der Waals surface area contributed by atoms with Crippen molar-refractivity contribution in [3.05, 3.63) is 48.6 Å². The van der Waals surface area contributed by atoms with Gasteiger partial charge in [-0.2, -0.15) is 0 Å². The van der Waals surface area contributed by atoms with Crippen molar-refractivity contribution < 1.29 is 25.2 Å². The summed E-state index contributed by atoms with van der Waals surface area (Å²) in [6.45, 7) is 4.02. The Morgan fingerprint density at radius 1 is 0.397 bits per heavy atom. The van der Waals surface area contributed by atoms with Crippen molar-refractivity contribution in [3.63, 3.8) is 0 Å². The molecule has 0 aliphatic heterocycles. The van der Waals surface area contributed by atoms with Crippen LogP contribution in [0.5, 0.6) is 0 Å². The molecule has 4 atom stereocenters. The Kier molecular flexibility index (Phi) is 49.8. The number of rotatable bonds is 50. The van der Waals surface area contributed by atoms with Crippen LogP contribution in [0.1, 0.15) is 277 Å². The Balaban J connectivity index is 3.59. The topological polar surface area (TPSA) is 110 Å². The second kappa shape index (κ2) is 51.3. The number of carbonyl (C=O) groups is 1. The highest BCUT2D eigenvalue weighted by molar-refractivity contribution is 5.80. The van der Waals surface area contributed by atoms with Crippen molar-refractivity contribution in [2.45, 2.75) is 301 Å². The predicted octanol–water partition coefficient (Wildman–Crippen LogP) is 15.8. The molecule has 63 heavy (non-hydrogen) atoms. The molecule has 370 valence electrons. The van der Waals surface area contributed by atoms with Crippen molar-refractivity contribution in [2.24, 2.45) is 0 Å². The number of nitrogens with one attached hydrogen (secondary N) is 1. The lowest BCUT2D eigenvalue weighted by Crippen LogP contribution is -2.53. The molecule has 0 heterocycles. The predicted molar refractivity (Wildman–Crippen MR) is 274 cm³/mol. The molecule has 0 aromatic carbocycles. The molecule has 0 aliphatic carbocycles. The summed E-state index contributed by atoms with van der Waals surface area (Å²) in [6, 6.07) is -1.01. The van der Waals surface area contributed by atoms with E-state index < -0.39 is 36.9 Å². The monoisotopic (exact) mass is 886 g/mol. The van der Waals surface area contributed by atoms with Gasteiger partial charge in [0, 0.05) is 0 Å². The average molecular weight is 886 g/mol. The third kappa shape index (κ3) is 45.2. The second-order valence-electron chi connectivity index (χ2n) is 18.9. The molecular weight excluding hydrogens is 779 g/mol. The van der Waals surface area contributed by atoms with Gasteiger partial charge in [-0.25, -0.2) is 0 Å². The molecule has 0 bridgehead atoms. The van der Waals surface area contributed by atoms with Gasteiger partial charge in [0.25, 0.3) is 0 Å². The van der Waals surface area contributed by atoms with E-state index in [1.165, 1.54) is 193 Å². The normalized spacial score (nSPS) is 14.2. The molecular formula is C57H107NO5. The summed E-state index contributed by atoms with van der Waals surface area (Å²) in [5.74, 6) is -0.597. The molecule has 0 saturated heterocycles. The van der Waals surface area contributed by atoms with Crippen molar-refractivity contribution in [1.82, 2.24) is 5.32 Å². The zero-order valence-corrected chi connectivity index (χ0v) is 41.8. The molecule has 6 heteroatoms. The first-order chi connectivity index (χ1) is 31.0. The van der Waals surface area contributed by atoms with Crippen LogP contribution < -0.4 is 5.32 Å². The van der Waals surface area contributed by atoms with Crippen LogP contribution in [0.25, 0.3) is 0 Å². The van der Waals surface area contributed by atoms with Crippen LogP contribution in [0.2, 0.25) is 0 Å². The van der Waals surface area contributed by atoms with Gasteiger partial charge >= 0.3 is 0 Å². The number of aliphatic hydroxyl groups is 4. The lowest BCUT2D eigenvalue weighted by molar-refractivity contribution is -0.132. The van der Waals surface area contributed by atoms with Gasteiger partial charge in [0.2, 0.25) is 5.91 Å². The number of hydrogen-bond acceptors (Lipinski definition) is 5. The minimum atomic E-state index is -1.29. The molecule has 0 rings (SSSR count). The van der Waals surface area contributed by atoms with E-state index >= 15 is 0 Å². The van der Waals surface area contributed by atoms with Crippen LogP contribution in [-0.4, -0.2) is 57.3 Å². The highest BCUT2D eigenvalue weighted by atomic mass is 16.3. The van der Waals surface area contributed by atoms with E-state index in [9.17, 15) is 25.2 Å². The number of aliphatic hydroxyl groups excluding tert-OH is 4. The van der Waals surface area contributed by atoms with E-state index in [1.54, 1.807) is 0 Å². The Morgan fingerprint density at radius 3 is 1.11 bits per heavy atom. The van der Waals surface area contributed by atoms with Gasteiger partial charge in [0.05, 0.1) is 18.8 Å². The maximum atomic E-state index is 12.6. The Bertz CT molecular complexity index is 1040. The lowest BCUT2D eigenvalue weighted by atomic mass is 10.00. The first-order valence-corrected chi connectivity index (χ1v) is 27.5. The van der Waals surface area contributed by atoms with Crippen LogP contribution in [0.3, 0.4) is 0 Å². The Labute approximate surface area is 391 Å². The number of amides is 1. The molecule has 0 aliphatic rings. The van der Waals surface area contributed by atoms with E-state index in [0.717, 1.165) is 51.4 Å². The maximum Gasteiger partial charge on any atom is 0.249 e. The van der Waals surface area contributed by atoms with Crippen molar-refractivity contribution in [2.75, 3.05) is 6.61 Å². The summed E-state index contributed by atoms with van der Waals surface area (Å²) >= 11 is 0. The second-order valence-corrected chi connectivity index (χ2v) is 18.9. The largest absolute Gasteiger partial charge is 0.394 e. The van der Waals surface area contributed by atoms with E-state index in [2.05, 4.69) is 67.8 Å². The van der Waals surface area contributed by atoms with Crippen molar-refractivity contribution in [1.29, 1.82) is 0 Å². The van der Waals surface area contributed by atoms with Crippen LogP contribution in [0.4, 0.5) is 0 Å². The van der Waals surface area contributed by atoms with Crippen LogP contribution >= 0.6 is 0 Å². The molecule has 5 N–H and O–H groups in total. The van der Waals surface area contributed by atoms with Gasteiger partial charge in [-0.15, -0.1) is 0 Å². The Hall–Kier alpha value is -1.73. The maximum absolute atomic E-state index is 12.6.